The third kappa shape index (κ3) is 9.21. The van der Waals surface area contributed by atoms with Gasteiger partial charge in [-0.1, -0.05) is 6.92 Å². The second kappa shape index (κ2) is 14.3. The summed E-state index contributed by atoms with van der Waals surface area (Å²) in [4.78, 5) is -0.398. The van der Waals surface area contributed by atoms with Crippen LogP contribution in [0.25, 0.3) is 0 Å². The van der Waals surface area contributed by atoms with Crippen molar-refractivity contribution < 1.29 is 35.1 Å². The molecule has 0 saturated heterocycles. The van der Waals surface area contributed by atoms with Crippen molar-refractivity contribution in [3.63, 3.8) is 0 Å². The van der Waals surface area contributed by atoms with E-state index in [2.05, 4.69) is 20.5 Å². The Morgan fingerprint density at radius 1 is 0.825 bits per heavy atom. The van der Waals surface area contributed by atoms with Crippen LogP contribution in [0.5, 0.6) is 11.5 Å². The fraction of sp³-hybridized carbons (Fsp3) is 0.280. The topological polar surface area (TPSA) is 199 Å². The second-order valence-corrected chi connectivity index (χ2v) is 10.2. The average molecular weight is 592 g/mol. The standard InChI is InChI=1S/C25H29N5O5S.O3S/c1-6-9-35-24-14-19(26)15(2)10-23(24)30-29-22-12-16(3)21(11-17(22)4)28-27-20-8-7-18(34-5)13-25(20)36(31,32)33;1-4(2)3/h7-8,10-14H,6,9,26H2,1-5H3,(H,31,32,33);. The molecule has 0 aliphatic heterocycles. The van der Waals surface area contributed by atoms with Crippen molar-refractivity contribution in [2.75, 3.05) is 19.5 Å². The highest BCUT2D eigenvalue weighted by atomic mass is 32.2. The maximum Gasteiger partial charge on any atom is 0.425 e. The first-order chi connectivity index (χ1) is 18.8. The summed E-state index contributed by atoms with van der Waals surface area (Å²) in [6.45, 7) is 8.13. The Labute approximate surface area is 233 Å². The Bertz CT molecular complexity index is 1650. The van der Waals surface area contributed by atoms with Crippen LogP contribution in [0.4, 0.5) is 28.4 Å². The molecule has 15 heteroatoms. The third-order valence-corrected chi connectivity index (χ3v) is 6.18. The Morgan fingerprint density at radius 2 is 1.32 bits per heavy atom. The fourth-order valence-electron chi connectivity index (χ4n) is 3.22. The first-order valence-corrected chi connectivity index (χ1v) is 14.1. The third-order valence-electron chi connectivity index (χ3n) is 5.30. The molecule has 0 spiro atoms. The summed E-state index contributed by atoms with van der Waals surface area (Å²) in [5, 5.41) is 17.0. The Kier molecular flexibility index (Phi) is 11.4. The van der Waals surface area contributed by atoms with Crippen molar-refractivity contribution in [1.29, 1.82) is 0 Å². The predicted octanol–water partition coefficient (Wildman–Crippen LogP) is 6.06. The van der Waals surface area contributed by atoms with Crippen LogP contribution in [0.1, 0.15) is 30.0 Å². The van der Waals surface area contributed by atoms with Crippen molar-refractivity contribution in [3.8, 4) is 11.5 Å². The molecule has 0 aliphatic carbocycles. The molecule has 0 fully saturated rings. The van der Waals surface area contributed by atoms with Crippen molar-refractivity contribution in [2.24, 2.45) is 20.5 Å². The lowest BCUT2D eigenvalue weighted by Gasteiger charge is -2.10. The van der Waals surface area contributed by atoms with Crippen LogP contribution in [-0.4, -0.2) is 39.3 Å². The zero-order valence-corrected chi connectivity index (χ0v) is 24.1. The lowest BCUT2D eigenvalue weighted by molar-refractivity contribution is 0.318. The molecule has 0 aromatic heterocycles. The monoisotopic (exact) mass is 591 g/mol. The summed E-state index contributed by atoms with van der Waals surface area (Å²) in [5.41, 5.74) is 10.8. The number of nitrogens with zero attached hydrogens (tertiary/aromatic N) is 4. The van der Waals surface area contributed by atoms with Gasteiger partial charge in [0.2, 0.25) is 0 Å². The second-order valence-electron chi connectivity index (χ2n) is 8.36. The number of hydrogen-bond donors (Lipinski definition) is 2. The minimum Gasteiger partial charge on any atom is -0.497 e. The molecular formula is C25H29N5O8S2. The molecule has 0 heterocycles. The summed E-state index contributed by atoms with van der Waals surface area (Å²) in [5.74, 6) is 0.834. The van der Waals surface area contributed by atoms with Crippen LogP contribution >= 0.6 is 0 Å². The van der Waals surface area contributed by atoms with Gasteiger partial charge in [-0.3, -0.25) is 4.55 Å². The molecule has 0 saturated carbocycles. The van der Waals surface area contributed by atoms with Crippen LogP contribution in [0.15, 0.2) is 67.8 Å². The molecule has 3 aromatic carbocycles. The van der Waals surface area contributed by atoms with E-state index < -0.39 is 25.6 Å². The smallest absolute Gasteiger partial charge is 0.425 e. The van der Waals surface area contributed by atoms with Crippen LogP contribution in [0.2, 0.25) is 0 Å². The van der Waals surface area contributed by atoms with Gasteiger partial charge in [-0.15, -0.1) is 22.9 Å². The van der Waals surface area contributed by atoms with E-state index in [1.807, 2.05) is 39.8 Å². The zero-order valence-electron chi connectivity index (χ0n) is 22.4. The van der Waals surface area contributed by atoms with Crippen molar-refractivity contribution >= 4 is 49.2 Å². The van der Waals surface area contributed by atoms with E-state index in [-0.39, 0.29) is 11.4 Å². The Morgan fingerprint density at radius 3 is 1.82 bits per heavy atom. The van der Waals surface area contributed by atoms with Gasteiger partial charge in [-0.2, -0.15) is 18.6 Å². The number of azo groups is 2. The van der Waals surface area contributed by atoms with Gasteiger partial charge in [-0.25, -0.2) is 0 Å². The van der Waals surface area contributed by atoms with Gasteiger partial charge in [0.15, 0.2) is 0 Å². The van der Waals surface area contributed by atoms with Gasteiger partial charge >= 0.3 is 10.6 Å². The fourth-order valence-corrected chi connectivity index (χ4v) is 3.86. The molecular weight excluding hydrogens is 562 g/mol. The Balaban J connectivity index is 0.00000131. The molecule has 0 amide bonds. The minimum absolute atomic E-state index is 0.0163. The van der Waals surface area contributed by atoms with Gasteiger partial charge in [0, 0.05) is 17.8 Å². The molecule has 0 radical (unpaired) electrons. The highest BCUT2D eigenvalue weighted by Gasteiger charge is 2.17. The number of benzene rings is 3. The molecule has 0 unspecified atom stereocenters. The normalized spacial score (nSPS) is 11.3. The lowest BCUT2D eigenvalue weighted by Crippen LogP contribution is -1.99. The molecule has 214 valence electrons. The van der Waals surface area contributed by atoms with E-state index in [9.17, 15) is 13.0 Å². The molecule has 0 atom stereocenters. The zero-order chi connectivity index (χ0) is 30.0. The summed E-state index contributed by atoms with van der Waals surface area (Å²) >= 11 is 0. The number of aryl methyl sites for hydroxylation is 3. The molecule has 0 aliphatic rings. The highest BCUT2D eigenvalue weighted by Crippen LogP contribution is 2.36. The van der Waals surface area contributed by atoms with Crippen LogP contribution < -0.4 is 15.2 Å². The summed E-state index contributed by atoms with van der Waals surface area (Å²) in [6, 6.07) is 11.3. The SMILES string of the molecule is CCCOc1cc(N)c(C)cc1N=Nc1cc(C)c(N=Nc2ccc(OC)cc2S(=O)(=O)O)cc1C.O=S(=O)=O. The molecule has 3 N–H and O–H groups in total. The molecule has 0 bridgehead atoms. The largest absolute Gasteiger partial charge is 0.497 e. The van der Waals surface area contributed by atoms with E-state index in [0.717, 1.165) is 23.1 Å². The molecule has 13 nitrogen and oxygen atoms in total. The van der Waals surface area contributed by atoms with Gasteiger partial charge in [-0.05, 0) is 74.2 Å². The van der Waals surface area contributed by atoms with Gasteiger partial charge in [0.1, 0.15) is 27.8 Å². The maximum absolute atomic E-state index is 11.8. The number of rotatable bonds is 9. The molecule has 3 rings (SSSR count). The highest BCUT2D eigenvalue weighted by molar-refractivity contribution is 7.86. The first kappa shape index (κ1) is 32.0. The summed E-state index contributed by atoms with van der Waals surface area (Å²) in [6.07, 6.45) is 0.848. The molecule has 40 heavy (non-hydrogen) atoms. The van der Waals surface area contributed by atoms with Crippen LogP contribution in [-0.2, 0) is 20.7 Å². The minimum atomic E-state index is -4.52. The van der Waals surface area contributed by atoms with E-state index >= 15 is 0 Å². The summed E-state index contributed by atoms with van der Waals surface area (Å²) in [7, 11) is -6.24. The summed E-state index contributed by atoms with van der Waals surface area (Å²) < 4.78 is 69.2. The number of ether oxygens (including phenoxy) is 2. The molecule has 3 aromatic rings. The van der Waals surface area contributed by atoms with Crippen LogP contribution in [0.3, 0.4) is 0 Å². The van der Waals surface area contributed by atoms with Crippen molar-refractivity contribution in [1.82, 2.24) is 0 Å². The number of nitrogen functional groups attached to an aromatic ring is 1. The number of anilines is 1. The maximum atomic E-state index is 11.8. The number of nitrogens with two attached hydrogens (primary N) is 1. The average Bonchev–Trinajstić information content (AvgIpc) is 2.88. The van der Waals surface area contributed by atoms with Crippen molar-refractivity contribution in [2.45, 2.75) is 39.0 Å². The van der Waals surface area contributed by atoms with E-state index in [1.54, 1.807) is 12.1 Å². The van der Waals surface area contributed by atoms with E-state index in [4.69, 9.17) is 27.8 Å². The Hall–Kier alpha value is -4.21. The van der Waals surface area contributed by atoms with Crippen LogP contribution in [0, 0.1) is 20.8 Å². The van der Waals surface area contributed by atoms with E-state index in [0.29, 0.717) is 35.1 Å². The predicted molar refractivity (Wildman–Crippen MR) is 148 cm³/mol. The van der Waals surface area contributed by atoms with E-state index in [1.165, 1.54) is 25.3 Å². The number of hydrogen-bond acceptors (Lipinski definition) is 12. The van der Waals surface area contributed by atoms with Gasteiger partial charge in [0.25, 0.3) is 10.1 Å². The quantitative estimate of drug-likeness (QED) is 0.168. The lowest BCUT2D eigenvalue weighted by atomic mass is 10.1. The van der Waals surface area contributed by atoms with Gasteiger partial charge < -0.3 is 15.2 Å². The van der Waals surface area contributed by atoms with Gasteiger partial charge in [0.05, 0.1) is 25.1 Å². The first-order valence-electron chi connectivity index (χ1n) is 11.7. The number of methoxy groups -OCH3 is 1. The van der Waals surface area contributed by atoms with Crippen molar-refractivity contribution in [3.05, 3.63) is 59.2 Å².